The molecule has 1 fully saturated rings. The first kappa shape index (κ1) is 11.4. The average molecular weight is 222 g/mol. The lowest BCUT2D eigenvalue weighted by Crippen LogP contribution is -2.47. The van der Waals surface area contributed by atoms with E-state index in [9.17, 15) is 15.0 Å². The quantitative estimate of drug-likeness (QED) is 0.752. The molecule has 88 valence electrons. The van der Waals surface area contributed by atoms with Crippen LogP contribution in [0.1, 0.15) is 32.1 Å². The van der Waals surface area contributed by atoms with Crippen LogP contribution in [0.3, 0.4) is 0 Å². The van der Waals surface area contributed by atoms with Crippen LogP contribution in [-0.4, -0.2) is 22.3 Å². The van der Waals surface area contributed by atoms with Crippen LogP contribution in [0.4, 0.5) is 0 Å². The van der Waals surface area contributed by atoms with E-state index in [2.05, 4.69) is 0 Å². The van der Waals surface area contributed by atoms with Crippen LogP contribution >= 0.6 is 0 Å². The van der Waals surface area contributed by atoms with Crippen molar-refractivity contribution in [3.8, 4) is 0 Å². The minimum atomic E-state index is -1.09. The molecule has 2 unspecified atom stereocenters. The van der Waals surface area contributed by atoms with Crippen LogP contribution in [-0.2, 0) is 4.79 Å². The number of hydrogen-bond donors (Lipinski definition) is 2. The maximum Gasteiger partial charge on any atom is 0.316 e. The second-order valence-corrected chi connectivity index (χ2v) is 4.76. The Bertz CT molecular complexity index is 326. The number of rotatable bonds is 2. The SMILES string of the molecule is O=C(O)C1(C2CCCCC2)C=CC=CC1O. The summed E-state index contributed by atoms with van der Waals surface area (Å²) in [5.74, 6) is -0.831. The van der Waals surface area contributed by atoms with E-state index in [0.717, 1.165) is 25.7 Å². The molecule has 3 heteroatoms. The Balaban J connectivity index is 2.31. The van der Waals surface area contributed by atoms with Gasteiger partial charge in [-0.05, 0) is 18.8 Å². The second kappa shape index (κ2) is 4.42. The molecule has 0 aliphatic heterocycles. The average Bonchev–Trinajstić information content (AvgIpc) is 2.30. The largest absolute Gasteiger partial charge is 0.481 e. The van der Waals surface area contributed by atoms with Crippen molar-refractivity contribution in [2.75, 3.05) is 0 Å². The van der Waals surface area contributed by atoms with Crippen molar-refractivity contribution in [3.05, 3.63) is 24.3 Å². The van der Waals surface area contributed by atoms with E-state index in [1.165, 1.54) is 6.42 Å². The first-order valence-electron chi connectivity index (χ1n) is 5.95. The fourth-order valence-electron chi connectivity index (χ4n) is 2.97. The zero-order valence-electron chi connectivity index (χ0n) is 9.30. The standard InChI is InChI=1S/C13H18O3/c14-11-8-4-5-9-13(11,12(15)16)10-6-2-1-3-7-10/h4-5,8-11,14H,1-3,6-7H2,(H,15,16). The third-order valence-electron chi connectivity index (χ3n) is 3.92. The summed E-state index contributed by atoms with van der Waals surface area (Å²) in [6, 6.07) is 0. The van der Waals surface area contributed by atoms with Crippen molar-refractivity contribution in [1.29, 1.82) is 0 Å². The number of carboxylic acids is 1. The molecule has 0 aromatic heterocycles. The predicted molar refractivity (Wildman–Crippen MR) is 60.9 cm³/mol. The maximum absolute atomic E-state index is 11.5. The highest BCUT2D eigenvalue weighted by Crippen LogP contribution is 2.44. The molecule has 0 aromatic carbocycles. The van der Waals surface area contributed by atoms with Gasteiger partial charge in [0.05, 0.1) is 6.10 Å². The van der Waals surface area contributed by atoms with Gasteiger partial charge in [0, 0.05) is 0 Å². The van der Waals surface area contributed by atoms with Gasteiger partial charge in [0.15, 0.2) is 0 Å². The lowest BCUT2D eigenvalue weighted by molar-refractivity contribution is -0.155. The van der Waals surface area contributed by atoms with Crippen molar-refractivity contribution in [2.24, 2.45) is 11.3 Å². The third-order valence-corrected chi connectivity index (χ3v) is 3.92. The summed E-state index contributed by atoms with van der Waals surface area (Å²) in [5, 5.41) is 19.5. The van der Waals surface area contributed by atoms with Gasteiger partial charge in [-0.2, -0.15) is 0 Å². The normalized spacial score (nSPS) is 35.2. The summed E-state index contributed by atoms with van der Waals surface area (Å²) >= 11 is 0. The van der Waals surface area contributed by atoms with Crippen LogP contribution in [0.15, 0.2) is 24.3 Å². The van der Waals surface area contributed by atoms with E-state index < -0.39 is 17.5 Å². The zero-order valence-corrected chi connectivity index (χ0v) is 9.30. The molecule has 2 N–H and O–H groups in total. The van der Waals surface area contributed by atoms with Crippen LogP contribution in [0.25, 0.3) is 0 Å². The van der Waals surface area contributed by atoms with E-state index in [0.29, 0.717) is 0 Å². The van der Waals surface area contributed by atoms with Crippen LogP contribution in [0.5, 0.6) is 0 Å². The number of allylic oxidation sites excluding steroid dienone is 2. The van der Waals surface area contributed by atoms with Gasteiger partial charge >= 0.3 is 5.97 Å². The Morgan fingerprint density at radius 3 is 2.44 bits per heavy atom. The van der Waals surface area contributed by atoms with Crippen molar-refractivity contribution in [1.82, 2.24) is 0 Å². The zero-order chi connectivity index (χ0) is 11.6. The van der Waals surface area contributed by atoms with Crippen molar-refractivity contribution < 1.29 is 15.0 Å². The molecule has 0 saturated heterocycles. The predicted octanol–water partition coefficient (Wildman–Crippen LogP) is 2.12. The van der Waals surface area contributed by atoms with Gasteiger partial charge in [-0.1, -0.05) is 43.6 Å². The van der Waals surface area contributed by atoms with Gasteiger partial charge in [-0.25, -0.2) is 0 Å². The Morgan fingerprint density at radius 1 is 1.19 bits per heavy atom. The Kier molecular flexibility index (Phi) is 3.15. The first-order chi connectivity index (χ1) is 7.68. The van der Waals surface area contributed by atoms with Crippen LogP contribution in [0.2, 0.25) is 0 Å². The molecule has 2 aliphatic rings. The highest BCUT2D eigenvalue weighted by molar-refractivity contribution is 5.79. The fourth-order valence-corrected chi connectivity index (χ4v) is 2.97. The van der Waals surface area contributed by atoms with E-state index in [1.54, 1.807) is 24.3 Å². The van der Waals surface area contributed by atoms with Gasteiger partial charge in [0.25, 0.3) is 0 Å². The summed E-state index contributed by atoms with van der Waals surface area (Å²) in [7, 11) is 0. The third kappa shape index (κ3) is 1.69. The molecule has 0 heterocycles. The summed E-state index contributed by atoms with van der Waals surface area (Å²) < 4.78 is 0. The van der Waals surface area contributed by atoms with E-state index >= 15 is 0 Å². The van der Waals surface area contributed by atoms with Gasteiger partial charge in [0.2, 0.25) is 0 Å². The lowest BCUT2D eigenvalue weighted by atomic mass is 9.64. The highest BCUT2D eigenvalue weighted by atomic mass is 16.4. The van der Waals surface area contributed by atoms with Gasteiger partial charge in [0.1, 0.15) is 5.41 Å². The fraction of sp³-hybridized carbons (Fsp3) is 0.615. The second-order valence-electron chi connectivity index (χ2n) is 4.76. The summed E-state index contributed by atoms with van der Waals surface area (Å²) in [6.07, 6.45) is 11.0. The molecule has 1 saturated carbocycles. The molecule has 0 radical (unpaired) electrons. The monoisotopic (exact) mass is 222 g/mol. The van der Waals surface area contributed by atoms with Gasteiger partial charge in [-0.3, -0.25) is 4.79 Å². The number of carbonyl (C=O) groups is 1. The number of aliphatic hydroxyl groups is 1. The molecular formula is C13H18O3. The summed E-state index contributed by atoms with van der Waals surface area (Å²) in [5.41, 5.74) is -1.09. The maximum atomic E-state index is 11.5. The smallest absolute Gasteiger partial charge is 0.316 e. The van der Waals surface area contributed by atoms with E-state index in [1.807, 2.05) is 0 Å². The summed E-state index contributed by atoms with van der Waals surface area (Å²) in [4.78, 5) is 11.5. The first-order valence-corrected chi connectivity index (χ1v) is 5.95. The Morgan fingerprint density at radius 2 is 1.88 bits per heavy atom. The van der Waals surface area contributed by atoms with Crippen molar-refractivity contribution >= 4 is 5.97 Å². The molecule has 2 aliphatic carbocycles. The highest BCUT2D eigenvalue weighted by Gasteiger charge is 2.49. The van der Waals surface area contributed by atoms with E-state index in [4.69, 9.17) is 0 Å². The molecular weight excluding hydrogens is 204 g/mol. The van der Waals surface area contributed by atoms with Gasteiger partial charge in [-0.15, -0.1) is 0 Å². The summed E-state index contributed by atoms with van der Waals surface area (Å²) in [6.45, 7) is 0. The van der Waals surface area contributed by atoms with Crippen molar-refractivity contribution in [3.63, 3.8) is 0 Å². The van der Waals surface area contributed by atoms with E-state index in [-0.39, 0.29) is 5.92 Å². The lowest BCUT2D eigenvalue weighted by Gasteiger charge is -2.40. The minimum absolute atomic E-state index is 0.0648. The number of carboxylic acid groups (broad SMARTS) is 1. The number of aliphatic carboxylic acids is 1. The molecule has 16 heavy (non-hydrogen) atoms. The molecule has 3 nitrogen and oxygen atoms in total. The molecule has 0 bridgehead atoms. The minimum Gasteiger partial charge on any atom is -0.481 e. The Labute approximate surface area is 95.5 Å². The number of hydrogen-bond acceptors (Lipinski definition) is 2. The molecule has 2 atom stereocenters. The number of aliphatic hydroxyl groups excluding tert-OH is 1. The molecule has 0 amide bonds. The van der Waals surface area contributed by atoms with Crippen LogP contribution in [0, 0.1) is 11.3 Å². The van der Waals surface area contributed by atoms with Crippen molar-refractivity contribution in [2.45, 2.75) is 38.2 Å². The van der Waals surface area contributed by atoms with Crippen LogP contribution < -0.4 is 0 Å². The molecule has 2 rings (SSSR count). The molecule has 0 aromatic rings. The van der Waals surface area contributed by atoms with Gasteiger partial charge < -0.3 is 10.2 Å². The molecule has 0 spiro atoms. The topological polar surface area (TPSA) is 57.5 Å². The Hall–Kier alpha value is -1.09.